The first-order valence-corrected chi connectivity index (χ1v) is 9.13. The smallest absolute Gasteiger partial charge is 0.241 e. The number of rotatable bonds is 7. The number of nitrogens with one attached hydrogen (secondary N) is 1. The minimum absolute atomic E-state index is 0.0888. The summed E-state index contributed by atoms with van der Waals surface area (Å²) in [5, 5.41) is 2.70. The first kappa shape index (κ1) is 17.7. The van der Waals surface area contributed by atoms with Crippen molar-refractivity contribution >= 4 is 21.4 Å². The van der Waals surface area contributed by atoms with Crippen LogP contribution in [0.3, 0.4) is 0 Å². The summed E-state index contributed by atoms with van der Waals surface area (Å²) in [6, 6.07) is 6.80. The van der Waals surface area contributed by atoms with Gasteiger partial charge in [-0.05, 0) is 36.5 Å². The van der Waals surface area contributed by atoms with Crippen LogP contribution >= 0.6 is 0 Å². The summed E-state index contributed by atoms with van der Waals surface area (Å²) in [5.41, 5.74) is 7.58. The second-order valence-corrected chi connectivity index (χ2v) is 7.71. The van der Waals surface area contributed by atoms with E-state index in [1.165, 1.54) is 5.56 Å². The Morgan fingerprint density at radius 2 is 1.86 bits per heavy atom. The van der Waals surface area contributed by atoms with Gasteiger partial charge in [-0.1, -0.05) is 26.0 Å². The van der Waals surface area contributed by atoms with Gasteiger partial charge in [-0.2, -0.15) is 0 Å². The van der Waals surface area contributed by atoms with Crippen molar-refractivity contribution in [3.8, 4) is 0 Å². The van der Waals surface area contributed by atoms with Crippen LogP contribution in [0.4, 0.5) is 5.69 Å². The summed E-state index contributed by atoms with van der Waals surface area (Å²) in [6.07, 6.45) is 2.31. The first-order chi connectivity index (χ1) is 9.73. The predicted molar refractivity (Wildman–Crippen MR) is 86.1 cm³/mol. The molecule has 1 aromatic rings. The van der Waals surface area contributed by atoms with Gasteiger partial charge in [-0.25, -0.2) is 8.42 Å². The summed E-state index contributed by atoms with van der Waals surface area (Å²) in [6.45, 7) is 4.27. The molecule has 0 heterocycles. The van der Waals surface area contributed by atoms with Crippen LogP contribution in [-0.2, 0) is 14.6 Å². The lowest BCUT2D eigenvalue weighted by atomic mass is 9.98. The average Bonchev–Trinajstić information content (AvgIpc) is 2.43. The molecule has 0 aromatic heterocycles. The first-order valence-electron chi connectivity index (χ1n) is 7.07. The normalized spacial score (nSPS) is 14.5. The van der Waals surface area contributed by atoms with Crippen LogP contribution in [0.2, 0.25) is 0 Å². The number of amides is 1. The Morgan fingerprint density at radius 1 is 1.29 bits per heavy atom. The van der Waals surface area contributed by atoms with E-state index in [0.717, 1.165) is 12.7 Å². The maximum Gasteiger partial charge on any atom is 0.241 e. The predicted octanol–water partition coefficient (Wildman–Crippen LogP) is 1.90. The number of carbonyl (C=O) groups excluding carboxylic acids is 1. The van der Waals surface area contributed by atoms with E-state index in [4.69, 9.17) is 5.73 Å². The maximum atomic E-state index is 11.9. The second kappa shape index (κ2) is 7.56. The van der Waals surface area contributed by atoms with E-state index in [-0.39, 0.29) is 18.1 Å². The molecule has 0 spiro atoms. The van der Waals surface area contributed by atoms with Crippen molar-refractivity contribution in [3.63, 3.8) is 0 Å². The van der Waals surface area contributed by atoms with Crippen LogP contribution in [0.15, 0.2) is 24.3 Å². The highest BCUT2D eigenvalue weighted by molar-refractivity contribution is 7.90. The molecule has 2 atom stereocenters. The number of sulfone groups is 1. The molecule has 0 aliphatic rings. The number of benzene rings is 1. The van der Waals surface area contributed by atoms with Crippen molar-refractivity contribution in [2.75, 3.05) is 17.3 Å². The zero-order valence-electron chi connectivity index (χ0n) is 12.8. The van der Waals surface area contributed by atoms with E-state index < -0.39 is 15.9 Å². The molecule has 0 aliphatic carbocycles. The Morgan fingerprint density at radius 3 is 2.33 bits per heavy atom. The fraction of sp³-hybridized carbons (Fsp3) is 0.533. The fourth-order valence-corrected chi connectivity index (χ4v) is 2.52. The van der Waals surface area contributed by atoms with E-state index in [2.05, 4.69) is 19.2 Å². The zero-order valence-corrected chi connectivity index (χ0v) is 13.6. The van der Waals surface area contributed by atoms with E-state index in [1.807, 2.05) is 24.3 Å². The van der Waals surface area contributed by atoms with Crippen LogP contribution in [0.5, 0.6) is 0 Å². The molecule has 0 aliphatic heterocycles. The zero-order chi connectivity index (χ0) is 16.0. The lowest BCUT2D eigenvalue weighted by Crippen LogP contribution is -2.37. The summed E-state index contributed by atoms with van der Waals surface area (Å²) in [4.78, 5) is 11.9. The molecule has 5 nitrogen and oxygen atoms in total. The van der Waals surface area contributed by atoms with Crippen molar-refractivity contribution < 1.29 is 13.2 Å². The Balaban J connectivity index is 2.58. The molecule has 0 fully saturated rings. The van der Waals surface area contributed by atoms with Gasteiger partial charge < -0.3 is 11.1 Å². The minimum Gasteiger partial charge on any atom is -0.325 e. The van der Waals surface area contributed by atoms with E-state index in [1.54, 1.807) is 0 Å². The van der Waals surface area contributed by atoms with Crippen molar-refractivity contribution in [3.05, 3.63) is 29.8 Å². The van der Waals surface area contributed by atoms with Crippen LogP contribution in [-0.4, -0.2) is 32.4 Å². The van der Waals surface area contributed by atoms with Gasteiger partial charge in [0.15, 0.2) is 0 Å². The molecule has 118 valence electrons. The van der Waals surface area contributed by atoms with Crippen molar-refractivity contribution in [2.45, 2.75) is 38.6 Å². The summed E-state index contributed by atoms with van der Waals surface area (Å²) < 4.78 is 22.1. The SMILES string of the molecule is CCC(C)c1ccc(NC(=O)C(N)CCS(C)(=O)=O)cc1. The van der Waals surface area contributed by atoms with E-state index in [0.29, 0.717) is 11.6 Å². The summed E-state index contributed by atoms with van der Waals surface area (Å²) in [7, 11) is -3.10. The Labute approximate surface area is 126 Å². The van der Waals surface area contributed by atoms with E-state index >= 15 is 0 Å². The van der Waals surface area contributed by atoms with Gasteiger partial charge in [0.05, 0.1) is 11.8 Å². The molecule has 1 aromatic carbocycles. The second-order valence-electron chi connectivity index (χ2n) is 5.45. The van der Waals surface area contributed by atoms with Crippen LogP contribution in [0.1, 0.15) is 38.2 Å². The fourth-order valence-electron chi connectivity index (χ4n) is 1.84. The largest absolute Gasteiger partial charge is 0.325 e. The van der Waals surface area contributed by atoms with Gasteiger partial charge >= 0.3 is 0 Å². The van der Waals surface area contributed by atoms with Gasteiger partial charge in [0.1, 0.15) is 9.84 Å². The van der Waals surface area contributed by atoms with Gasteiger partial charge in [0.25, 0.3) is 0 Å². The third kappa shape index (κ3) is 6.27. The standard InChI is InChI=1S/C15H24N2O3S/c1-4-11(2)12-5-7-13(8-6-12)17-15(18)14(16)9-10-21(3,19)20/h5-8,11,14H,4,9-10,16H2,1-3H3,(H,17,18). The molecule has 1 rings (SSSR count). The minimum atomic E-state index is -3.10. The monoisotopic (exact) mass is 312 g/mol. The van der Waals surface area contributed by atoms with E-state index in [9.17, 15) is 13.2 Å². The summed E-state index contributed by atoms with van der Waals surface area (Å²) in [5.74, 6) is 0.0239. The summed E-state index contributed by atoms with van der Waals surface area (Å²) >= 11 is 0. The Bertz CT molecular complexity index is 567. The van der Waals surface area contributed by atoms with Crippen molar-refractivity contribution in [1.82, 2.24) is 0 Å². The molecule has 6 heteroatoms. The third-order valence-corrected chi connectivity index (χ3v) is 4.47. The van der Waals surface area contributed by atoms with Crippen molar-refractivity contribution in [1.29, 1.82) is 0 Å². The van der Waals surface area contributed by atoms with Crippen molar-refractivity contribution in [2.24, 2.45) is 5.73 Å². The molecular weight excluding hydrogens is 288 g/mol. The highest BCUT2D eigenvalue weighted by Crippen LogP contribution is 2.20. The Hall–Kier alpha value is -1.40. The maximum absolute atomic E-state index is 11.9. The van der Waals surface area contributed by atoms with Crippen LogP contribution in [0, 0.1) is 0 Å². The van der Waals surface area contributed by atoms with Crippen LogP contribution in [0.25, 0.3) is 0 Å². The molecule has 0 bridgehead atoms. The molecular formula is C15H24N2O3S. The number of nitrogens with two attached hydrogens (primary N) is 1. The van der Waals surface area contributed by atoms with Gasteiger partial charge in [-0.3, -0.25) is 4.79 Å². The number of hydrogen-bond donors (Lipinski definition) is 2. The molecule has 3 N–H and O–H groups in total. The van der Waals surface area contributed by atoms with Crippen LogP contribution < -0.4 is 11.1 Å². The van der Waals surface area contributed by atoms with Gasteiger partial charge in [0.2, 0.25) is 5.91 Å². The number of hydrogen-bond acceptors (Lipinski definition) is 4. The number of carbonyl (C=O) groups is 1. The average molecular weight is 312 g/mol. The highest BCUT2D eigenvalue weighted by Gasteiger charge is 2.16. The molecule has 0 saturated carbocycles. The molecule has 0 radical (unpaired) electrons. The number of anilines is 1. The molecule has 1 amide bonds. The molecule has 21 heavy (non-hydrogen) atoms. The van der Waals surface area contributed by atoms with Gasteiger partial charge in [-0.15, -0.1) is 0 Å². The lowest BCUT2D eigenvalue weighted by molar-refractivity contribution is -0.117. The topological polar surface area (TPSA) is 89.3 Å². The molecule has 2 unspecified atom stereocenters. The highest BCUT2D eigenvalue weighted by atomic mass is 32.2. The third-order valence-electron chi connectivity index (χ3n) is 3.50. The molecule has 0 saturated heterocycles. The Kier molecular flexibility index (Phi) is 6.36. The lowest BCUT2D eigenvalue weighted by Gasteiger charge is -2.13. The van der Waals surface area contributed by atoms with Gasteiger partial charge in [0, 0.05) is 11.9 Å². The quantitative estimate of drug-likeness (QED) is 0.804.